The number of Topliss-reactive ketones (excluding diaryl/α,β-unsaturated/α-hetero) is 1. The van der Waals surface area contributed by atoms with Crippen LogP contribution in [0.5, 0.6) is 0 Å². The highest BCUT2D eigenvalue weighted by Gasteiger charge is 2.27. The number of carbonyl (C=O) groups excluding carboxylic acids is 2. The summed E-state index contributed by atoms with van der Waals surface area (Å²) >= 11 is 0. The van der Waals surface area contributed by atoms with Crippen molar-refractivity contribution in [1.82, 2.24) is 0 Å². The molecule has 112 valence electrons. The summed E-state index contributed by atoms with van der Waals surface area (Å²) in [6.07, 6.45) is 0.406. The molecule has 0 aliphatic rings. The van der Waals surface area contributed by atoms with Crippen LogP contribution in [0, 0.1) is 5.92 Å². The third-order valence-corrected chi connectivity index (χ3v) is 2.72. The lowest BCUT2D eigenvalue weighted by molar-refractivity contribution is -0.175. The van der Waals surface area contributed by atoms with Gasteiger partial charge in [0, 0.05) is 19.6 Å². The first kappa shape index (κ1) is 18.1. The molecular formula is C14H26O5. The molecule has 0 aliphatic carbocycles. The van der Waals surface area contributed by atoms with Gasteiger partial charge < -0.3 is 14.2 Å². The van der Waals surface area contributed by atoms with Gasteiger partial charge in [-0.05, 0) is 27.2 Å². The Labute approximate surface area is 115 Å². The van der Waals surface area contributed by atoms with Crippen LogP contribution in [0.4, 0.5) is 0 Å². The first-order valence-electron chi connectivity index (χ1n) is 7.02. The molecule has 0 aromatic rings. The van der Waals surface area contributed by atoms with Crippen LogP contribution in [-0.4, -0.2) is 37.9 Å². The van der Waals surface area contributed by atoms with E-state index >= 15 is 0 Å². The van der Waals surface area contributed by atoms with Crippen LogP contribution in [0.1, 0.15) is 47.0 Å². The van der Waals surface area contributed by atoms with E-state index in [4.69, 9.17) is 14.2 Å². The quantitative estimate of drug-likeness (QED) is 0.427. The third-order valence-electron chi connectivity index (χ3n) is 2.72. The fourth-order valence-electron chi connectivity index (χ4n) is 1.82. The normalized spacial score (nSPS) is 12.5. The maximum absolute atomic E-state index is 12.1. The standard InChI is InChI=1S/C14H26O5/c1-5-11(14(18-7-3)19-8-4)12(15)9-10-13(16)17-6-2/h11,14H,5-10H2,1-4H3. The SMILES string of the molecule is CCOC(=O)CCC(=O)C(CC)C(OCC)OCC. The van der Waals surface area contributed by atoms with Crippen molar-refractivity contribution in [2.45, 2.75) is 53.2 Å². The molecule has 0 fully saturated rings. The Hall–Kier alpha value is -0.940. The van der Waals surface area contributed by atoms with Crippen LogP contribution in [-0.2, 0) is 23.8 Å². The molecule has 0 aromatic heterocycles. The number of ketones is 1. The molecule has 5 nitrogen and oxygen atoms in total. The van der Waals surface area contributed by atoms with E-state index in [1.54, 1.807) is 6.92 Å². The second-order valence-electron chi connectivity index (χ2n) is 4.07. The Morgan fingerprint density at radius 1 is 0.895 bits per heavy atom. The molecule has 19 heavy (non-hydrogen) atoms. The van der Waals surface area contributed by atoms with Crippen molar-refractivity contribution in [3.05, 3.63) is 0 Å². The highest BCUT2D eigenvalue weighted by Crippen LogP contribution is 2.18. The summed E-state index contributed by atoms with van der Waals surface area (Å²) in [6, 6.07) is 0. The average Bonchev–Trinajstić information content (AvgIpc) is 2.38. The highest BCUT2D eigenvalue weighted by atomic mass is 16.7. The van der Waals surface area contributed by atoms with Gasteiger partial charge in [0.15, 0.2) is 6.29 Å². The van der Waals surface area contributed by atoms with Crippen LogP contribution >= 0.6 is 0 Å². The molecule has 0 heterocycles. The van der Waals surface area contributed by atoms with Crippen LogP contribution in [0.2, 0.25) is 0 Å². The molecule has 1 unspecified atom stereocenters. The summed E-state index contributed by atoms with van der Waals surface area (Å²) in [7, 11) is 0. The molecule has 0 bridgehead atoms. The number of hydrogen-bond donors (Lipinski definition) is 0. The summed E-state index contributed by atoms with van der Waals surface area (Å²) in [5, 5.41) is 0. The van der Waals surface area contributed by atoms with E-state index in [0.29, 0.717) is 26.2 Å². The average molecular weight is 274 g/mol. The van der Waals surface area contributed by atoms with E-state index in [0.717, 1.165) is 0 Å². The van der Waals surface area contributed by atoms with Crippen LogP contribution < -0.4 is 0 Å². The van der Waals surface area contributed by atoms with Crippen LogP contribution in [0.15, 0.2) is 0 Å². The fraction of sp³-hybridized carbons (Fsp3) is 0.857. The molecular weight excluding hydrogens is 248 g/mol. The van der Waals surface area contributed by atoms with Crippen molar-refractivity contribution in [3.63, 3.8) is 0 Å². The monoisotopic (exact) mass is 274 g/mol. The Kier molecular flexibility index (Phi) is 10.4. The number of esters is 1. The lowest BCUT2D eigenvalue weighted by Gasteiger charge is -2.24. The Morgan fingerprint density at radius 2 is 1.47 bits per heavy atom. The first-order chi connectivity index (χ1) is 9.10. The zero-order valence-corrected chi connectivity index (χ0v) is 12.4. The van der Waals surface area contributed by atoms with Crippen LogP contribution in [0.25, 0.3) is 0 Å². The molecule has 1 atom stereocenters. The van der Waals surface area contributed by atoms with Crippen molar-refractivity contribution >= 4 is 11.8 Å². The largest absolute Gasteiger partial charge is 0.466 e. The second-order valence-corrected chi connectivity index (χ2v) is 4.07. The van der Waals surface area contributed by atoms with Crippen molar-refractivity contribution in [2.24, 2.45) is 5.92 Å². The molecule has 0 saturated heterocycles. The predicted molar refractivity (Wildman–Crippen MR) is 71.7 cm³/mol. The topological polar surface area (TPSA) is 61.8 Å². The maximum Gasteiger partial charge on any atom is 0.306 e. The smallest absolute Gasteiger partial charge is 0.306 e. The molecule has 0 amide bonds. The molecule has 0 radical (unpaired) electrons. The van der Waals surface area contributed by atoms with E-state index < -0.39 is 6.29 Å². The highest BCUT2D eigenvalue weighted by molar-refractivity contribution is 5.85. The van der Waals surface area contributed by atoms with Crippen molar-refractivity contribution in [1.29, 1.82) is 0 Å². The molecule has 0 N–H and O–H groups in total. The predicted octanol–water partition coefficient (Wildman–Crippen LogP) is 2.32. The van der Waals surface area contributed by atoms with Gasteiger partial charge in [-0.15, -0.1) is 0 Å². The van der Waals surface area contributed by atoms with Gasteiger partial charge in [0.05, 0.1) is 18.9 Å². The Morgan fingerprint density at radius 3 is 1.89 bits per heavy atom. The molecule has 5 heteroatoms. The third kappa shape index (κ3) is 7.28. The summed E-state index contributed by atoms with van der Waals surface area (Å²) in [5.41, 5.74) is 0. The van der Waals surface area contributed by atoms with Gasteiger partial charge in [-0.1, -0.05) is 6.92 Å². The maximum atomic E-state index is 12.1. The van der Waals surface area contributed by atoms with Gasteiger partial charge in [0.1, 0.15) is 5.78 Å². The summed E-state index contributed by atoms with van der Waals surface area (Å²) in [5.74, 6) is -0.674. The molecule has 0 saturated carbocycles. The summed E-state index contributed by atoms with van der Waals surface area (Å²) < 4.78 is 15.7. The summed E-state index contributed by atoms with van der Waals surface area (Å²) in [6.45, 7) is 8.71. The Bertz CT molecular complexity index is 259. The minimum absolute atomic E-state index is 0.0116. The molecule has 0 aliphatic heterocycles. The van der Waals surface area contributed by atoms with E-state index in [9.17, 15) is 9.59 Å². The number of carbonyl (C=O) groups is 2. The van der Waals surface area contributed by atoms with Crippen molar-refractivity contribution < 1.29 is 23.8 Å². The fourth-order valence-corrected chi connectivity index (χ4v) is 1.82. The molecule has 0 spiro atoms. The van der Waals surface area contributed by atoms with Gasteiger partial charge >= 0.3 is 5.97 Å². The van der Waals surface area contributed by atoms with Gasteiger partial charge in [-0.2, -0.15) is 0 Å². The summed E-state index contributed by atoms with van der Waals surface area (Å²) in [4.78, 5) is 23.3. The van der Waals surface area contributed by atoms with Crippen molar-refractivity contribution in [2.75, 3.05) is 19.8 Å². The number of hydrogen-bond acceptors (Lipinski definition) is 5. The van der Waals surface area contributed by atoms with E-state index in [1.807, 2.05) is 20.8 Å². The van der Waals surface area contributed by atoms with Gasteiger partial charge in [0.2, 0.25) is 0 Å². The number of ether oxygens (including phenoxy) is 3. The molecule has 0 aromatic carbocycles. The second kappa shape index (κ2) is 10.9. The lowest BCUT2D eigenvalue weighted by atomic mass is 9.97. The minimum atomic E-state index is -0.519. The van der Waals surface area contributed by atoms with Crippen LogP contribution in [0.3, 0.4) is 0 Å². The zero-order chi connectivity index (χ0) is 14.7. The lowest BCUT2D eigenvalue weighted by Crippen LogP contribution is -2.33. The van der Waals surface area contributed by atoms with E-state index in [2.05, 4.69) is 0 Å². The van der Waals surface area contributed by atoms with E-state index in [-0.39, 0.29) is 30.5 Å². The van der Waals surface area contributed by atoms with Gasteiger partial charge in [0.25, 0.3) is 0 Å². The van der Waals surface area contributed by atoms with Crippen molar-refractivity contribution in [3.8, 4) is 0 Å². The van der Waals surface area contributed by atoms with Gasteiger partial charge in [-0.25, -0.2) is 0 Å². The molecule has 0 rings (SSSR count). The minimum Gasteiger partial charge on any atom is -0.466 e. The van der Waals surface area contributed by atoms with E-state index in [1.165, 1.54) is 0 Å². The van der Waals surface area contributed by atoms with Gasteiger partial charge in [-0.3, -0.25) is 9.59 Å². The number of rotatable bonds is 11. The zero-order valence-electron chi connectivity index (χ0n) is 12.4. The first-order valence-corrected chi connectivity index (χ1v) is 7.02. The Balaban J connectivity index is 4.38.